The molecule has 1 aromatic carbocycles. The van der Waals surface area contributed by atoms with Crippen molar-refractivity contribution >= 4 is 11.9 Å². The largest absolute Gasteiger partial charge is 0.492 e. The Labute approximate surface area is 98.4 Å². The molecule has 0 aromatic heterocycles. The second kappa shape index (κ2) is 6.49. The van der Waals surface area contributed by atoms with E-state index in [4.69, 9.17) is 15.6 Å². The van der Waals surface area contributed by atoms with Crippen LogP contribution in [-0.2, 0) is 4.79 Å². The number of primary amides is 1. The zero-order chi connectivity index (χ0) is 12.7. The molecule has 0 aliphatic rings. The Morgan fingerprint density at radius 3 is 2.82 bits per heavy atom. The lowest BCUT2D eigenvalue weighted by atomic mass is 10.2. The molecule has 0 aliphatic carbocycles. The Morgan fingerprint density at radius 1 is 1.41 bits per heavy atom. The van der Waals surface area contributed by atoms with E-state index in [2.05, 4.69) is 5.32 Å². The molecular formula is C11H14N2O4. The third kappa shape index (κ3) is 4.98. The molecular weight excluding hydrogens is 224 g/mol. The summed E-state index contributed by atoms with van der Waals surface area (Å²) in [5, 5.41) is 11.5. The first kappa shape index (κ1) is 13.0. The highest BCUT2D eigenvalue weighted by Crippen LogP contribution is 2.12. The Bertz CT molecular complexity index is 406. The monoisotopic (exact) mass is 238 g/mol. The normalized spacial score (nSPS) is 9.88. The number of nitrogens with one attached hydrogen (secondary N) is 1. The smallest absolute Gasteiger partial charge is 0.335 e. The second-order valence-electron chi connectivity index (χ2n) is 3.32. The fourth-order valence-electron chi connectivity index (χ4n) is 1.17. The first-order valence-electron chi connectivity index (χ1n) is 5.05. The molecule has 6 heteroatoms. The van der Waals surface area contributed by atoms with E-state index in [0.29, 0.717) is 18.9 Å². The van der Waals surface area contributed by atoms with Crippen molar-refractivity contribution in [2.75, 3.05) is 19.7 Å². The number of carboxylic acids is 1. The van der Waals surface area contributed by atoms with Crippen LogP contribution in [0.1, 0.15) is 10.4 Å². The molecule has 0 spiro atoms. The number of aromatic carboxylic acids is 1. The molecule has 0 radical (unpaired) electrons. The van der Waals surface area contributed by atoms with E-state index in [-0.39, 0.29) is 12.1 Å². The van der Waals surface area contributed by atoms with E-state index in [0.717, 1.165) is 0 Å². The van der Waals surface area contributed by atoms with E-state index in [9.17, 15) is 9.59 Å². The number of carboxylic acid groups (broad SMARTS) is 1. The summed E-state index contributed by atoms with van der Waals surface area (Å²) in [7, 11) is 0. The molecule has 0 aliphatic heterocycles. The number of benzene rings is 1. The zero-order valence-electron chi connectivity index (χ0n) is 9.18. The summed E-state index contributed by atoms with van der Waals surface area (Å²) in [6.07, 6.45) is 0. The number of rotatable bonds is 7. The highest BCUT2D eigenvalue weighted by molar-refractivity contribution is 5.87. The van der Waals surface area contributed by atoms with Crippen LogP contribution in [0.4, 0.5) is 0 Å². The van der Waals surface area contributed by atoms with Crippen molar-refractivity contribution in [1.29, 1.82) is 0 Å². The minimum atomic E-state index is -0.998. The van der Waals surface area contributed by atoms with Crippen molar-refractivity contribution in [3.8, 4) is 5.75 Å². The van der Waals surface area contributed by atoms with E-state index in [1.807, 2.05) is 0 Å². The Kier molecular flexibility index (Phi) is 4.96. The van der Waals surface area contributed by atoms with Gasteiger partial charge in [0.15, 0.2) is 0 Å². The van der Waals surface area contributed by atoms with Crippen molar-refractivity contribution in [3.63, 3.8) is 0 Å². The van der Waals surface area contributed by atoms with Gasteiger partial charge in [0.25, 0.3) is 0 Å². The number of carbonyl (C=O) groups is 2. The van der Waals surface area contributed by atoms with Gasteiger partial charge >= 0.3 is 5.97 Å². The molecule has 1 aromatic rings. The number of carbonyl (C=O) groups excluding carboxylic acids is 1. The molecule has 0 fully saturated rings. The third-order valence-corrected chi connectivity index (χ3v) is 1.93. The molecule has 1 rings (SSSR count). The summed E-state index contributed by atoms with van der Waals surface area (Å²) in [5.74, 6) is -0.953. The number of hydrogen-bond donors (Lipinski definition) is 3. The van der Waals surface area contributed by atoms with Gasteiger partial charge < -0.3 is 20.9 Å². The van der Waals surface area contributed by atoms with Gasteiger partial charge in [0.2, 0.25) is 5.91 Å². The van der Waals surface area contributed by atoms with Gasteiger partial charge in [-0.15, -0.1) is 0 Å². The molecule has 0 atom stereocenters. The number of hydrogen-bond acceptors (Lipinski definition) is 4. The van der Waals surface area contributed by atoms with Crippen molar-refractivity contribution in [2.45, 2.75) is 0 Å². The maximum absolute atomic E-state index is 10.7. The second-order valence-corrected chi connectivity index (χ2v) is 3.32. The molecule has 0 saturated carbocycles. The van der Waals surface area contributed by atoms with Gasteiger partial charge in [-0.25, -0.2) is 4.79 Å². The van der Waals surface area contributed by atoms with Gasteiger partial charge in [0.1, 0.15) is 12.4 Å². The van der Waals surface area contributed by atoms with Crippen LogP contribution < -0.4 is 15.8 Å². The fourth-order valence-corrected chi connectivity index (χ4v) is 1.17. The van der Waals surface area contributed by atoms with Crippen LogP contribution in [-0.4, -0.2) is 36.7 Å². The summed E-state index contributed by atoms with van der Waals surface area (Å²) in [6.45, 7) is 0.884. The van der Waals surface area contributed by atoms with Gasteiger partial charge in [-0.2, -0.15) is 0 Å². The number of amides is 1. The lowest BCUT2D eigenvalue weighted by molar-refractivity contribution is -0.117. The van der Waals surface area contributed by atoms with Gasteiger partial charge in [-0.1, -0.05) is 6.07 Å². The molecule has 1 amide bonds. The van der Waals surface area contributed by atoms with Crippen LogP contribution in [0.5, 0.6) is 5.75 Å². The number of nitrogens with two attached hydrogens (primary N) is 1. The van der Waals surface area contributed by atoms with Crippen LogP contribution in [0.2, 0.25) is 0 Å². The minimum Gasteiger partial charge on any atom is -0.492 e. The van der Waals surface area contributed by atoms with Crippen molar-refractivity contribution in [3.05, 3.63) is 29.8 Å². The molecule has 4 N–H and O–H groups in total. The highest BCUT2D eigenvalue weighted by Gasteiger charge is 2.03. The van der Waals surface area contributed by atoms with Crippen molar-refractivity contribution < 1.29 is 19.4 Å². The first-order valence-corrected chi connectivity index (χ1v) is 5.05. The lowest BCUT2D eigenvalue weighted by Crippen LogP contribution is -2.31. The SMILES string of the molecule is NC(=O)CNCCOc1cccc(C(=O)O)c1. The van der Waals surface area contributed by atoms with Gasteiger partial charge in [-0.05, 0) is 18.2 Å². The molecule has 92 valence electrons. The summed E-state index contributed by atoms with van der Waals surface area (Å²) in [6, 6.07) is 6.20. The highest BCUT2D eigenvalue weighted by atomic mass is 16.5. The van der Waals surface area contributed by atoms with Gasteiger partial charge in [0.05, 0.1) is 12.1 Å². The van der Waals surface area contributed by atoms with Crippen LogP contribution in [0.15, 0.2) is 24.3 Å². The fraction of sp³-hybridized carbons (Fsp3) is 0.273. The Morgan fingerprint density at radius 2 is 2.18 bits per heavy atom. The zero-order valence-corrected chi connectivity index (χ0v) is 9.18. The number of ether oxygens (including phenoxy) is 1. The van der Waals surface area contributed by atoms with E-state index in [1.165, 1.54) is 12.1 Å². The average molecular weight is 238 g/mol. The molecule has 0 heterocycles. The molecule has 0 bridgehead atoms. The Balaban J connectivity index is 2.34. The van der Waals surface area contributed by atoms with E-state index >= 15 is 0 Å². The van der Waals surface area contributed by atoms with E-state index in [1.54, 1.807) is 12.1 Å². The summed E-state index contributed by atoms with van der Waals surface area (Å²) < 4.78 is 5.30. The van der Waals surface area contributed by atoms with E-state index < -0.39 is 11.9 Å². The van der Waals surface area contributed by atoms with Crippen LogP contribution in [0, 0.1) is 0 Å². The Hall–Kier alpha value is -2.08. The van der Waals surface area contributed by atoms with Crippen molar-refractivity contribution in [1.82, 2.24) is 5.32 Å². The van der Waals surface area contributed by atoms with Crippen LogP contribution in [0.25, 0.3) is 0 Å². The maximum Gasteiger partial charge on any atom is 0.335 e. The predicted molar refractivity (Wildman–Crippen MR) is 61.0 cm³/mol. The maximum atomic E-state index is 10.7. The quantitative estimate of drug-likeness (QED) is 0.573. The minimum absolute atomic E-state index is 0.0958. The molecule has 6 nitrogen and oxygen atoms in total. The molecule has 0 unspecified atom stereocenters. The topological polar surface area (TPSA) is 102 Å². The van der Waals surface area contributed by atoms with Crippen LogP contribution in [0.3, 0.4) is 0 Å². The predicted octanol–water partition coefficient (Wildman–Crippen LogP) is -0.161. The van der Waals surface area contributed by atoms with Gasteiger partial charge in [0, 0.05) is 6.54 Å². The summed E-state index contributed by atoms with van der Waals surface area (Å²) in [5.41, 5.74) is 5.11. The standard InChI is InChI=1S/C11H14N2O4/c12-10(14)7-13-4-5-17-9-3-1-2-8(6-9)11(15)16/h1-3,6,13H,4-5,7H2,(H2,12,14)(H,15,16). The average Bonchev–Trinajstić information content (AvgIpc) is 2.28. The van der Waals surface area contributed by atoms with Crippen LogP contribution >= 0.6 is 0 Å². The molecule has 0 saturated heterocycles. The van der Waals surface area contributed by atoms with Crippen molar-refractivity contribution in [2.24, 2.45) is 5.73 Å². The third-order valence-electron chi connectivity index (χ3n) is 1.93. The lowest BCUT2D eigenvalue weighted by Gasteiger charge is -2.07. The summed E-state index contributed by atoms with van der Waals surface area (Å²) >= 11 is 0. The molecule has 17 heavy (non-hydrogen) atoms. The first-order chi connectivity index (χ1) is 8.09. The summed E-state index contributed by atoms with van der Waals surface area (Å²) in [4.78, 5) is 21.1. The van der Waals surface area contributed by atoms with Gasteiger partial charge in [-0.3, -0.25) is 4.79 Å².